The minimum atomic E-state index is -0.237. The van der Waals surface area contributed by atoms with Crippen LogP contribution in [0.2, 0.25) is 10.0 Å². The van der Waals surface area contributed by atoms with E-state index in [1.165, 1.54) is 0 Å². The summed E-state index contributed by atoms with van der Waals surface area (Å²) >= 11 is 13.5. The molecule has 33 heavy (non-hydrogen) atoms. The van der Waals surface area contributed by atoms with Crippen LogP contribution in [0.25, 0.3) is 10.9 Å². The summed E-state index contributed by atoms with van der Waals surface area (Å²) < 4.78 is 5.80. The first-order valence-electron chi connectivity index (χ1n) is 11.0. The van der Waals surface area contributed by atoms with Crippen LogP contribution in [0.1, 0.15) is 38.8 Å². The van der Waals surface area contributed by atoms with Gasteiger partial charge in [-0.1, -0.05) is 23.2 Å². The van der Waals surface area contributed by atoms with Crippen LogP contribution in [0, 0.1) is 12.8 Å². The van der Waals surface area contributed by atoms with Gasteiger partial charge in [-0.05, 0) is 38.1 Å². The molecule has 1 aromatic carbocycles. The minimum absolute atomic E-state index is 0.190. The Kier molecular flexibility index (Phi) is 5.77. The van der Waals surface area contributed by atoms with Crippen LogP contribution in [0.4, 0.5) is 0 Å². The van der Waals surface area contributed by atoms with Crippen molar-refractivity contribution in [2.24, 2.45) is 5.92 Å². The van der Waals surface area contributed by atoms with Gasteiger partial charge in [0.15, 0.2) is 0 Å². The van der Waals surface area contributed by atoms with Crippen LogP contribution in [-0.4, -0.2) is 59.5 Å². The lowest BCUT2D eigenvalue weighted by molar-refractivity contribution is -0.0197. The molecule has 0 aliphatic carbocycles. The number of aryl methyl sites for hydroxylation is 1. The van der Waals surface area contributed by atoms with Gasteiger partial charge in [0.25, 0.3) is 11.5 Å². The molecule has 7 nitrogen and oxygen atoms in total. The summed E-state index contributed by atoms with van der Waals surface area (Å²) in [6.45, 7) is 4.30. The molecular formula is C24H26Cl2N4O3. The first kappa shape index (κ1) is 22.5. The minimum Gasteiger partial charge on any atom is -0.376 e. The smallest absolute Gasteiger partial charge is 0.256 e. The molecule has 174 valence electrons. The Balaban J connectivity index is 1.52. The third kappa shape index (κ3) is 3.67. The summed E-state index contributed by atoms with van der Waals surface area (Å²) in [4.78, 5) is 36.3. The second-order valence-corrected chi connectivity index (χ2v) is 9.84. The number of H-pyrrole nitrogens is 2. The number of hydrogen-bond acceptors (Lipinski definition) is 4. The van der Waals surface area contributed by atoms with Gasteiger partial charge in [0.1, 0.15) is 0 Å². The van der Waals surface area contributed by atoms with Gasteiger partial charge in [-0.25, -0.2) is 0 Å². The molecule has 2 N–H and O–H groups in total. The molecule has 1 amide bonds. The van der Waals surface area contributed by atoms with Crippen molar-refractivity contribution in [3.05, 3.63) is 66.7 Å². The predicted octanol–water partition coefficient (Wildman–Crippen LogP) is 3.92. The third-order valence-corrected chi connectivity index (χ3v) is 7.67. The zero-order chi connectivity index (χ0) is 23.4. The molecule has 1 unspecified atom stereocenters. The molecule has 2 aliphatic rings. The quantitative estimate of drug-likeness (QED) is 0.570. The average molecular weight is 489 g/mol. The molecule has 1 saturated heterocycles. The summed E-state index contributed by atoms with van der Waals surface area (Å²) in [6.07, 6.45) is 2.14. The second-order valence-electron chi connectivity index (χ2n) is 9.05. The monoisotopic (exact) mass is 488 g/mol. The fourth-order valence-corrected chi connectivity index (χ4v) is 5.90. The van der Waals surface area contributed by atoms with Gasteiger partial charge in [-0.3, -0.25) is 9.59 Å². The summed E-state index contributed by atoms with van der Waals surface area (Å²) in [7, 11) is 3.72. The molecule has 0 spiro atoms. The molecule has 3 aromatic rings. The Hall–Kier alpha value is -2.32. The maximum atomic E-state index is 13.6. The van der Waals surface area contributed by atoms with Crippen molar-refractivity contribution >= 4 is 40.0 Å². The molecule has 2 aliphatic heterocycles. The summed E-state index contributed by atoms with van der Waals surface area (Å²) in [5, 5.41) is 1.75. The van der Waals surface area contributed by atoms with Gasteiger partial charge in [0.05, 0.1) is 28.8 Å². The standard InChI is InChI=1S/C24H26Cl2N4O3/c1-12-21-14(4-6-27-21)17(23(31)28-12)11-30-7-5-15-18(25)8-16(20(26)19(15)24(30)32)22(33-3)13-9-29(2)10-13/h4,6,8,13,22,27H,5,7,9-11H2,1-3H3,(H,28,31). The number of ether oxygens (including phenoxy) is 1. The number of nitrogens with zero attached hydrogens (tertiary/aromatic N) is 2. The number of methoxy groups -OCH3 is 1. The number of pyridine rings is 1. The molecule has 4 heterocycles. The number of fused-ring (bicyclic) bond motifs is 2. The molecule has 0 bridgehead atoms. The summed E-state index contributed by atoms with van der Waals surface area (Å²) in [6, 6.07) is 3.72. The van der Waals surface area contributed by atoms with E-state index in [9.17, 15) is 9.59 Å². The molecule has 0 saturated carbocycles. The average Bonchev–Trinajstić information content (AvgIpc) is 3.25. The maximum absolute atomic E-state index is 13.6. The number of aromatic amines is 2. The number of hydrogen-bond donors (Lipinski definition) is 2. The zero-order valence-corrected chi connectivity index (χ0v) is 20.3. The summed E-state index contributed by atoms with van der Waals surface area (Å²) in [5.41, 5.74) is 3.93. The van der Waals surface area contributed by atoms with Crippen LogP contribution >= 0.6 is 23.2 Å². The number of likely N-dealkylation sites (tertiary alicyclic amines) is 1. The highest BCUT2D eigenvalue weighted by atomic mass is 35.5. The van der Waals surface area contributed by atoms with E-state index in [1.54, 1.807) is 18.2 Å². The molecule has 5 rings (SSSR count). The van der Waals surface area contributed by atoms with Gasteiger partial charge in [-0.15, -0.1) is 0 Å². The van der Waals surface area contributed by atoms with Gasteiger partial charge in [0.2, 0.25) is 0 Å². The highest BCUT2D eigenvalue weighted by Crippen LogP contribution is 2.42. The number of halogens is 2. The number of benzene rings is 1. The van der Waals surface area contributed by atoms with E-state index in [0.29, 0.717) is 34.1 Å². The second kappa shape index (κ2) is 8.47. The number of carbonyl (C=O) groups excluding carboxylic acids is 1. The van der Waals surface area contributed by atoms with E-state index in [0.717, 1.165) is 40.8 Å². The van der Waals surface area contributed by atoms with Gasteiger partial charge >= 0.3 is 0 Å². The number of nitrogens with one attached hydrogen (secondary N) is 2. The van der Waals surface area contributed by atoms with Crippen LogP contribution in [0.5, 0.6) is 0 Å². The Morgan fingerprint density at radius 2 is 2.03 bits per heavy atom. The third-order valence-electron chi connectivity index (χ3n) is 6.93. The molecular weight excluding hydrogens is 463 g/mol. The van der Waals surface area contributed by atoms with Crippen molar-refractivity contribution in [3.8, 4) is 0 Å². The van der Waals surface area contributed by atoms with Crippen molar-refractivity contribution in [2.75, 3.05) is 33.8 Å². The molecule has 0 radical (unpaired) electrons. The largest absolute Gasteiger partial charge is 0.376 e. The van der Waals surface area contributed by atoms with Crippen molar-refractivity contribution in [3.63, 3.8) is 0 Å². The highest BCUT2D eigenvalue weighted by molar-refractivity contribution is 6.37. The molecule has 9 heteroatoms. The normalized spacial score (nSPS) is 18.0. The van der Waals surface area contributed by atoms with Crippen molar-refractivity contribution in [2.45, 2.75) is 26.0 Å². The predicted molar refractivity (Wildman–Crippen MR) is 129 cm³/mol. The van der Waals surface area contributed by atoms with E-state index >= 15 is 0 Å². The first-order chi connectivity index (χ1) is 15.8. The Morgan fingerprint density at radius 1 is 1.27 bits per heavy atom. The Labute approximate surface area is 201 Å². The van der Waals surface area contributed by atoms with Gasteiger partial charge < -0.3 is 24.5 Å². The maximum Gasteiger partial charge on any atom is 0.256 e. The van der Waals surface area contributed by atoms with Crippen LogP contribution < -0.4 is 5.56 Å². The van der Waals surface area contributed by atoms with Crippen LogP contribution in [0.3, 0.4) is 0 Å². The fraction of sp³-hybridized carbons (Fsp3) is 0.417. The Morgan fingerprint density at radius 3 is 2.73 bits per heavy atom. The summed E-state index contributed by atoms with van der Waals surface area (Å²) in [5.74, 6) is 0.0728. The van der Waals surface area contributed by atoms with Gasteiger partial charge in [0, 0.05) is 66.1 Å². The zero-order valence-electron chi connectivity index (χ0n) is 18.8. The lowest BCUT2D eigenvalue weighted by atomic mass is 9.86. The van der Waals surface area contributed by atoms with Crippen molar-refractivity contribution in [1.29, 1.82) is 0 Å². The van der Waals surface area contributed by atoms with E-state index < -0.39 is 0 Å². The van der Waals surface area contributed by atoms with Crippen molar-refractivity contribution < 1.29 is 9.53 Å². The molecule has 2 aromatic heterocycles. The SMILES string of the molecule is COC(c1cc(Cl)c2c(c1Cl)C(=O)N(Cc1c(=O)[nH]c(C)c3[nH]ccc13)CC2)C1CN(C)C1. The van der Waals surface area contributed by atoms with Crippen molar-refractivity contribution in [1.82, 2.24) is 19.8 Å². The number of carbonyl (C=O) groups is 1. The number of rotatable bonds is 5. The number of aromatic nitrogens is 2. The molecule has 1 atom stereocenters. The number of amides is 1. The van der Waals surface area contributed by atoms with E-state index in [1.807, 2.05) is 19.1 Å². The van der Waals surface area contributed by atoms with Crippen LogP contribution in [0.15, 0.2) is 23.1 Å². The Bertz CT molecular complexity index is 1310. The van der Waals surface area contributed by atoms with E-state index in [-0.39, 0.29) is 30.0 Å². The lowest BCUT2D eigenvalue weighted by Crippen LogP contribution is -2.47. The fourth-order valence-electron chi connectivity index (χ4n) is 5.24. The molecule has 1 fully saturated rings. The van der Waals surface area contributed by atoms with Crippen LogP contribution in [-0.2, 0) is 17.7 Å². The topological polar surface area (TPSA) is 81.4 Å². The van der Waals surface area contributed by atoms with E-state index in [4.69, 9.17) is 27.9 Å². The lowest BCUT2D eigenvalue weighted by Gasteiger charge is -2.41. The first-order valence-corrected chi connectivity index (χ1v) is 11.8. The highest BCUT2D eigenvalue weighted by Gasteiger charge is 2.37. The van der Waals surface area contributed by atoms with Gasteiger partial charge in [-0.2, -0.15) is 0 Å². The van der Waals surface area contributed by atoms with E-state index in [2.05, 4.69) is 21.9 Å².